The molecule has 0 radical (unpaired) electrons. The largest absolute Gasteiger partial charge is 0.503 e. The van der Waals surface area contributed by atoms with E-state index < -0.39 is 23.5 Å². The fourth-order valence-corrected chi connectivity index (χ4v) is 5.40. The number of aromatic nitrogens is 2. The first kappa shape index (κ1) is 22.7. The number of rotatable bonds is 5. The van der Waals surface area contributed by atoms with Crippen molar-refractivity contribution < 1.29 is 14.7 Å². The quantitative estimate of drug-likeness (QED) is 0.358. The van der Waals surface area contributed by atoms with Gasteiger partial charge < -0.3 is 5.11 Å². The maximum absolute atomic E-state index is 13.9. The second-order valence-electron chi connectivity index (χ2n) is 8.47. The van der Waals surface area contributed by atoms with E-state index in [-0.39, 0.29) is 5.57 Å². The molecule has 7 heteroatoms. The number of thiazole rings is 1. The number of anilines is 1. The first-order valence-corrected chi connectivity index (χ1v) is 12.0. The molecule has 0 fully saturated rings. The van der Waals surface area contributed by atoms with E-state index in [9.17, 15) is 14.7 Å². The second-order valence-corrected chi connectivity index (χ2v) is 9.47. The average molecular weight is 482 g/mol. The highest BCUT2D eigenvalue weighted by Gasteiger charge is 2.45. The van der Waals surface area contributed by atoms with Crippen LogP contribution in [0.1, 0.15) is 38.1 Å². The SMILES string of the molecule is Cc1cccc(N2C(=O)C(O)=C(C(=O)c3sc(-c4ccccc4)nc3C)C2c2ccncc2)c1C. The van der Waals surface area contributed by atoms with Gasteiger partial charge in [0.25, 0.3) is 5.91 Å². The zero-order chi connectivity index (χ0) is 24.7. The molecule has 0 bridgehead atoms. The molecule has 1 atom stereocenters. The normalized spacial score (nSPS) is 15.7. The summed E-state index contributed by atoms with van der Waals surface area (Å²) in [6.07, 6.45) is 3.23. The Morgan fingerprint density at radius 1 is 0.971 bits per heavy atom. The van der Waals surface area contributed by atoms with Crippen LogP contribution in [-0.2, 0) is 4.79 Å². The summed E-state index contributed by atoms with van der Waals surface area (Å²) < 4.78 is 0. The van der Waals surface area contributed by atoms with E-state index in [0.717, 1.165) is 16.7 Å². The van der Waals surface area contributed by atoms with Crippen molar-refractivity contribution in [3.8, 4) is 10.6 Å². The van der Waals surface area contributed by atoms with E-state index in [4.69, 9.17) is 0 Å². The van der Waals surface area contributed by atoms with Gasteiger partial charge in [-0.05, 0) is 55.7 Å². The van der Waals surface area contributed by atoms with Gasteiger partial charge in [-0.25, -0.2) is 4.98 Å². The minimum Gasteiger partial charge on any atom is -0.503 e. The van der Waals surface area contributed by atoms with Crippen LogP contribution < -0.4 is 4.90 Å². The third-order valence-electron chi connectivity index (χ3n) is 6.33. The fourth-order valence-electron chi connectivity index (χ4n) is 4.38. The van der Waals surface area contributed by atoms with Crippen LogP contribution in [0.3, 0.4) is 0 Å². The zero-order valence-corrected chi connectivity index (χ0v) is 20.3. The smallest absolute Gasteiger partial charge is 0.294 e. The number of aryl methyl sites for hydroxylation is 2. The Labute approximate surface area is 207 Å². The Morgan fingerprint density at radius 2 is 1.69 bits per heavy atom. The fraction of sp³-hybridized carbons (Fsp3) is 0.143. The Bertz CT molecular complexity index is 1480. The number of carbonyl (C=O) groups is 2. The van der Waals surface area contributed by atoms with Crippen molar-refractivity contribution in [2.24, 2.45) is 0 Å². The average Bonchev–Trinajstić information content (AvgIpc) is 3.39. The molecule has 2 aromatic carbocycles. The summed E-state index contributed by atoms with van der Waals surface area (Å²) in [6.45, 7) is 5.67. The molecule has 0 saturated carbocycles. The number of pyridine rings is 1. The van der Waals surface area contributed by atoms with Gasteiger partial charge in [0.15, 0.2) is 5.76 Å². The summed E-state index contributed by atoms with van der Waals surface area (Å²) in [6, 6.07) is 18.0. The maximum Gasteiger partial charge on any atom is 0.294 e. The second kappa shape index (κ2) is 8.92. The van der Waals surface area contributed by atoms with Gasteiger partial charge in [0.05, 0.1) is 22.2 Å². The third-order valence-corrected chi connectivity index (χ3v) is 7.54. The monoisotopic (exact) mass is 481 g/mol. The lowest BCUT2D eigenvalue weighted by Crippen LogP contribution is -2.31. The first-order chi connectivity index (χ1) is 16.9. The molecule has 1 amide bonds. The Morgan fingerprint density at radius 3 is 2.40 bits per heavy atom. The van der Waals surface area contributed by atoms with Gasteiger partial charge in [0, 0.05) is 23.6 Å². The molecule has 0 spiro atoms. The molecule has 6 nitrogen and oxygen atoms in total. The van der Waals surface area contributed by atoms with Gasteiger partial charge in [-0.3, -0.25) is 19.5 Å². The van der Waals surface area contributed by atoms with E-state index in [0.29, 0.717) is 26.8 Å². The summed E-state index contributed by atoms with van der Waals surface area (Å²) >= 11 is 1.26. The highest BCUT2D eigenvalue weighted by Crippen LogP contribution is 2.44. The molecule has 0 aliphatic carbocycles. The van der Waals surface area contributed by atoms with E-state index >= 15 is 0 Å². The van der Waals surface area contributed by atoms with Crippen molar-refractivity contribution >= 4 is 28.7 Å². The van der Waals surface area contributed by atoms with E-state index in [1.807, 2.05) is 62.4 Å². The number of nitrogens with zero attached hydrogens (tertiary/aromatic N) is 3. The van der Waals surface area contributed by atoms with Gasteiger partial charge in [0.2, 0.25) is 5.78 Å². The summed E-state index contributed by atoms with van der Waals surface area (Å²) in [4.78, 5) is 38.0. The van der Waals surface area contributed by atoms with Crippen molar-refractivity contribution in [1.29, 1.82) is 0 Å². The predicted molar refractivity (Wildman–Crippen MR) is 137 cm³/mol. The minimum absolute atomic E-state index is 0.0495. The Balaban J connectivity index is 1.65. The molecular formula is C28H23N3O3S. The molecule has 4 aromatic rings. The molecule has 1 aliphatic rings. The highest BCUT2D eigenvalue weighted by molar-refractivity contribution is 7.17. The number of Topliss-reactive ketones (excluding diaryl/α,β-unsaturated/α-hetero) is 1. The van der Waals surface area contributed by atoms with Crippen LogP contribution in [0, 0.1) is 20.8 Å². The van der Waals surface area contributed by atoms with Crippen molar-refractivity contribution in [3.63, 3.8) is 0 Å². The lowest BCUT2D eigenvalue weighted by atomic mass is 9.95. The molecule has 1 N–H and O–H groups in total. The molecule has 3 heterocycles. The van der Waals surface area contributed by atoms with Crippen molar-refractivity contribution in [3.05, 3.63) is 112 Å². The molecule has 1 aliphatic heterocycles. The first-order valence-electron chi connectivity index (χ1n) is 11.2. The molecule has 35 heavy (non-hydrogen) atoms. The van der Waals surface area contributed by atoms with Crippen LogP contribution >= 0.6 is 11.3 Å². The molecule has 0 saturated heterocycles. The molecule has 1 unspecified atom stereocenters. The Kier molecular flexibility index (Phi) is 5.78. The number of carbonyl (C=O) groups excluding carboxylic acids is 2. The van der Waals surface area contributed by atoms with Crippen LogP contribution in [0.15, 0.2) is 84.4 Å². The number of aliphatic hydroxyl groups is 1. The molecule has 174 valence electrons. The standard InChI is InChI=1S/C28H23N3O3S/c1-16-8-7-11-21(17(16)2)31-23(19-12-14-29-15-13-19)22(25(33)28(31)34)24(32)26-18(3)30-27(35-26)20-9-5-4-6-10-20/h4-15,23,33H,1-3H3. The van der Waals surface area contributed by atoms with E-state index in [2.05, 4.69) is 9.97 Å². The van der Waals surface area contributed by atoms with Crippen LogP contribution in [0.5, 0.6) is 0 Å². The summed E-state index contributed by atoms with van der Waals surface area (Å²) in [5.74, 6) is -1.54. The van der Waals surface area contributed by atoms with E-state index in [1.165, 1.54) is 16.2 Å². The number of hydrogen-bond acceptors (Lipinski definition) is 6. The minimum atomic E-state index is -0.792. The van der Waals surface area contributed by atoms with Gasteiger partial charge in [-0.15, -0.1) is 11.3 Å². The predicted octanol–water partition coefficient (Wildman–Crippen LogP) is 5.91. The van der Waals surface area contributed by atoms with Gasteiger partial charge in [-0.1, -0.05) is 42.5 Å². The van der Waals surface area contributed by atoms with Gasteiger partial charge in [0.1, 0.15) is 5.01 Å². The summed E-state index contributed by atoms with van der Waals surface area (Å²) in [7, 11) is 0. The number of hydrogen-bond donors (Lipinski definition) is 1. The lowest BCUT2D eigenvalue weighted by Gasteiger charge is -2.28. The lowest BCUT2D eigenvalue weighted by molar-refractivity contribution is -0.117. The van der Waals surface area contributed by atoms with Crippen LogP contribution in [0.2, 0.25) is 0 Å². The number of amides is 1. The third kappa shape index (κ3) is 3.84. The van der Waals surface area contributed by atoms with Crippen LogP contribution in [0.4, 0.5) is 5.69 Å². The van der Waals surface area contributed by atoms with E-state index in [1.54, 1.807) is 31.5 Å². The Hall–Kier alpha value is -4.10. The number of benzene rings is 2. The molecule has 2 aromatic heterocycles. The maximum atomic E-state index is 13.9. The van der Waals surface area contributed by atoms with Crippen LogP contribution in [0.25, 0.3) is 10.6 Å². The zero-order valence-electron chi connectivity index (χ0n) is 19.5. The topological polar surface area (TPSA) is 83.4 Å². The van der Waals surface area contributed by atoms with Crippen molar-refractivity contribution in [2.45, 2.75) is 26.8 Å². The van der Waals surface area contributed by atoms with Crippen LogP contribution in [-0.4, -0.2) is 26.8 Å². The summed E-state index contributed by atoms with van der Waals surface area (Å²) in [5, 5.41) is 11.8. The molecule has 5 rings (SSSR count). The number of aliphatic hydroxyl groups excluding tert-OH is 1. The van der Waals surface area contributed by atoms with Crippen molar-refractivity contribution in [1.82, 2.24) is 9.97 Å². The molecular weight excluding hydrogens is 458 g/mol. The van der Waals surface area contributed by atoms with Gasteiger partial charge >= 0.3 is 0 Å². The number of ketones is 1. The van der Waals surface area contributed by atoms with Crippen molar-refractivity contribution in [2.75, 3.05) is 4.90 Å². The highest BCUT2D eigenvalue weighted by atomic mass is 32.1. The van der Waals surface area contributed by atoms with Gasteiger partial charge in [-0.2, -0.15) is 0 Å². The summed E-state index contributed by atoms with van der Waals surface area (Å²) in [5.41, 5.74) is 4.77.